The van der Waals surface area contributed by atoms with E-state index in [1.165, 1.54) is 0 Å². The number of benzene rings is 1. The zero-order valence-electron chi connectivity index (χ0n) is 5.00. The molecule has 1 nitrogen and oxygen atoms in total. The molecule has 0 aliphatic heterocycles. The predicted molar refractivity (Wildman–Crippen MR) is 42.1 cm³/mol. The third-order valence-corrected chi connectivity index (χ3v) is 1.48. The Morgan fingerprint density at radius 3 is 2.22 bits per heavy atom. The molecule has 0 bridgehead atoms. The van der Waals surface area contributed by atoms with Crippen LogP contribution in [0.5, 0.6) is 0 Å². The van der Waals surface area contributed by atoms with E-state index in [0.717, 1.165) is 11.3 Å². The van der Waals surface area contributed by atoms with Crippen LogP contribution in [-0.4, -0.2) is 0 Å². The molecule has 0 aromatic heterocycles. The van der Waals surface area contributed by atoms with Crippen LogP contribution < -0.4 is 5.73 Å². The van der Waals surface area contributed by atoms with Gasteiger partial charge in [-0.25, -0.2) is 0 Å². The first kappa shape index (κ1) is 6.49. The second-order valence-corrected chi connectivity index (χ2v) is 2.17. The molecule has 1 aromatic rings. The largest absolute Gasteiger partial charge is 0.399 e. The van der Waals surface area contributed by atoms with E-state index in [9.17, 15) is 0 Å². The first-order chi connectivity index (χ1) is 4.33. The van der Waals surface area contributed by atoms with Crippen molar-refractivity contribution in [3.05, 3.63) is 29.8 Å². The van der Waals surface area contributed by atoms with Crippen LogP contribution in [0.3, 0.4) is 0 Å². The first-order valence-corrected chi connectivity index (χ1v) is 3.33. The zero-order chi connectivity index (χ0) is 6.69. The van der Waals surface area contributed by atoms with Crippen molar-refractivity contribution in [1.29, 1.82) is 0 Å². The number of rotatable bonds is 1. The van der Waals surface area contributed by atoms with Crippen molar-refractivity contribution in [2.75, 3.05) is 5.73 Å². The lowest BCUT2D eigenvalue weighted by molar-refractivity contribution is 1.43. The maximum absolute atomic E-state index is 5.45. The molecule has 47 valence electrons. The summed E-state index contributed by atoms with van der Waals surface area (Å²) in [4.78, 5) is 0. The Hall–Kier alpha value is -0.630. The second-order valence-electron chi connectivity index (χ2n) is 1.89. The predicted octanol–water partition coefficient (Wildman–Crippen LogP) is 1.97. The Morgan fingerprint density at radius 2 is 1.78 bits per heavy atom. The summed E-state index contributed by atoms with van der Waals surface area (Å²) in [6, 6.07) is 7.62. The van der Waals surface area contributed by atoms with Crippen LogP contribution in [0.15, 0.2) is 24.3 Å². The molecule has 0 atom stereocenters. The van der Waals surface area contributed by atoms with Crippen molar-refractivity contribution in [3.63, 3.8) is 0 Å². The Kier molecular flexibility index (Phi) is 2.01. The van der Waals surface area contributed by atoms with E-state index in [1.807, 2.05) is 24.3 Å². The van der Waals surface area contributed by atoms with Crippen molar-refractivity contribution in [3.8, 4) is 0 Å². The van der Waals surface area contributed by atoms with Gasteiger partial charge in [0.2, 0.25) is 0 Å². The van der Waals surface area contributed by atoms with Crippen molar-refractivity contribution < 1.29 is 0 Å². The molecule has 0 spiro atoms. The highest BCUT2D eigenvalue weighted by Crippen LogP contribution is 2.06. The molecule has 2 N–H and O–H groups in total. The minimum Gasteiger partial charge on any atom is -0.399 e. The highest BCUT2D eigenvalue weighted by molar-refractivity contribution is 7.79. The molecular formula is C7H8NS. The molecule has 9 heavy (non-hydrogen) atoms. The molecule has 0 amide bonds. The molecule has 2 heteroatoms. The van der Waals surface area contributed by atoms with E-state index >= 15 is 0 Å². The molecule has 0 unspecified atom stereocenters. The van der Waals surface area contributed by atoms with Gasteiger partial charge in [-0.2, -0.15) is 0 Å². The molecule has 0 aliphatic carbocycles. The summed E-state index contributed by atoms with van der Waals surface area (Å²) in [7, 11) is 0. The van der Waals surface area contributed by atoms with Crippen LogP contribution in [0.2, 0.25) is 0 Å². The quantitative estimate of drug-likeness (QED) is 0.590. The summed E-state index contributed by atoms with van der Waals surface area (Å²) in [5.41, 5.74) is 7.39. The Labute approximate surface area is 60.3 Å². The van der Waals surface area contributed by atoms with Crippen LogP contribution in [0.1, 0.15) is 5.56 Å². The second kappa shape index (κ2) is 2.78. The van der Waals surface area contributed by atoms with Gasteiger partial charge in [0.25, 0.3) is 0 Å². The van der Waals surface area contributed by atoms with Crippen LogP contribution in [0.25, 0.3) is 0 Å². The lowest BCUT2D eigenvalue weighted by Gasteiger charge is -1.93. The van der Waals surface area contributed by atoms with Crippen molar-refractivity contribution in [2.45, 2.75) is 5.75 Å². The minimum absolute atomic E-state index is 0.667. The SMILES string of the molecule is Nc1ccc(C[S])cc1. The average Bonchev–Trinajstić information content (AvgIpc) is 1.90. The topological polar surface area (TPSA) is 26.0 Å². The van der Waals surface area contributed by atoms with E-state index in [2.05, 4.69) is 0 Å². The maximum Gasteiger partial charge on any atom is 0.0314 e. The molecule has 1 rings (SSSR count). The standard InChI is InChI=1S/C7H8NS/c8-7-3-1-6(5-9)2-4-7/h1-4H,5,8H2. The monoisotopic (exact) mass is 138 g/mol. The number of nitrogens with two attached hydrogens (primary N) is 1. The lowest BCUT2D eigenvalue weighted by atomic mass is 10.2. The fourth-order valence-electron chi connectivity index (χ4n) is 0.614. The van der Waals surface area contributed by atoms with Crippen molar-refractivity contribution >= 4 is 18.3 Å². The van der Waals surface area contributed by atoms with E-state index in [1.54, 1.807) is 0 Å². The summed E-state index contributed by atoms with van der Waals surface area (Å²) in [5.74, 6) is 0.667. The zero-order valence-corrected chi connectivity index (χ0v) is 5.82. The fourth-order valence-corrected chi connectivity index (χ4v) is 0.806. The number of hydrogen-bond donors (Lipinski definition) is 1. The Balaban J connectivity index is 2.88. The normalized spacial score (nSPS) is 9.44. The van der Waals surface area contributed by atoms with Gasteiger partial charge in [-0.15, -0.1) is 0 Å². The Morgan fingerprint density at radius 1 is 1.22 bits per heavy atom. The highest BCUT2D eigenvalue weighted by Gasteiger charge is 1.86. The maximum atomic E-state index is 5.45. The number of nitrogen functional groups attached to an aromatic ring is 1. The van der Waals surface area contributed by atoms with Gasteiger partial charge >= 0.3 is 0 Å². The van der Waals surface area contributed by atoms with Gasteiger partial charge in [0, 0.05) is 11.4 Å². The van der Waals surface area contributed by atoms with E-state index < -0.39 is 0 Å². The molecule has 0 aliphatic rings. The smallest absolute Gasteiger partial charge is 0.0314 e. The summed E-state index contributed by atoms with van der Waals surface area (Å²) in [6.07, 6.45) is 0. The van der Waals surface area contributed by atoms with E-state index in [0.29, 0.717) is 5.75 Å². The summed E-state index contributed by atoms with van der Waals surface area (Å²) in [5, 5.41) is 0. The molecule has 0 fully saturated rings. The molecular weight excluding hydrogens is 130 g/mol. The average molecular weight is 138 g/mol. The molecule has 1 radical (unpaired) electrons. The molecule has 0 heterocycles. The van der Waals surface area contributed by atoms with E-state index in [4.69, 9.17) is 18.4 Å². The third-order valence-electron chi connectivity index (χ3n) is 1.15. The van der Waals surface area contributed by atoms with Crippen LogP contribution in [0, 0.1) is 0 Å². The number of hydrogen-bond acceptors (Lipinski definition) is 1. The summed E-state index contributed by atoms with van der Waals surface area (Å²) < 4.78 is 0. The summed E-state index contributed by atoms with van der Waals surface area (Å²) >= 11 is 4.82. The minimum atomic E-state index is 0.667. The molecule has 1 aromatic carbocycles. The number of anilines is 1. The summed E-state index contributed by atoms with van der Waals surface area (Å²) in [6.45, 7) is 0. The fraction of sp³-hybridized carbons (Fsp3) is 0.143. The van der Waals surface area contributed by atoms with Crippen molar-refractivity contribution in [2.24, 2.45) is 0 Å². The van der Waals surface area contributed by atoms with Crippen LogP contribution >= 0.6 is 12.6 Å². The van der Waals surface area contributed by atoms with Gasteiger partial charge in [-0.05, 0) is 17.7 Å². The van der Waals surface area contributed by atoms with Gasteiger partial charge in [0.1, 0.15) is 0 Å². The highest BCUT2D eigenvalue weighted by atomic mass is 32.1. The molecule has 0 saturated carbocycles. The first-order valence-electron chi connectivity index (χ1n) is 2.75. The van der Waals surface area contributed by atoms with Crippen LogP contribution in [0.4, 0.5) is 5.69 Å². The van der Waals surface area contributed by atoms with Gasteiger partial charge in [-0.1, -0.05) is 24.8 Å². The van der Waals surface area contributed by atoms with Gasteiger partial charge in [0.05, 0.1) is 0 Å². The lowest BCUT2D eigenvalue weighted by Crippen LogP contribution is -1.83. The van der Waals surface area contributed by atoms with Crippen LogP contribution in [-0.2, 0) is 5.75 Å². The van der Waals surface area contributed by atoms with Gasteiger partial charge in [-0.3, -0.25) is 0 Å². The van der Waals surface area contributed by atoms with Gasteiger partial charge in [0.15, 0.2) is 0 Å². The third kappa shape index (κ3) is 1.64. The van der Waals surface area contributed by atoms with Gasteiger partial charge < -0.3 is 5.73 Å². The Bertz CT molecular complexity index is 181. The van der Waals surface area contributed by atoms with E-state index in [-0.39, 0.29) is 0 Å². The molecule has 0 saturated heterocycles. The van der Waals surface area contributed by atoms with Crippen molar-refractivity contribution in [1.82, 2.24) is 0 Å².